The van der Waals surface area contributed by atoms with Crippen molar-refractivity contribution in [3.05, 3.63) is 36.0 Å². The van der Waals surface area contributed by atoms with E-state index in [-0.39, 0.29) is 5.82 Å². The molecule has 0 saturated heterocycles. The third kappa shape index (κ3) is 1.51. The summed E-state index contributed by atoms with van der Waals surface area (Å²) in [6.07, 6.45) is 3.57. The largest absolute Gasteiger partial charge is 0.364 e. The number of aryl methyl sites for hydroxylation is 1. The van der Waals surface area contributed by atoms with Crippen LogP contribution in [0.25, 0.3) is 11.4 Å². The van der Waals surface area contributed by atoms with E-state index in [1.165, 1.54) is 12.3 Å². The maximum atomic E-state index is 12.6. The van der Waals surface area contributed by atoms with Crippen LogP contribution in [-0.2, 0) is 6.42 Å². The third-order valence-corrected chi connectivity index (χ3v) is 1.99. The zero-order valence-corrected chi connectivity index (χ0v) is 7.70. The molecule has 0 unspecified atom stereocenters. The maximum Gasteiger partial charge on any atom is 0.141 e. The molecule has 14 heavy (non-hydrogen) atoms. The molecule has 2 aromatic heterocycles. The van der Waals surface area contributed by atoms with Gasteiger partial charge in [0.1, 0.15) is 17.8 Å². The summed E-state index contributed by atoms with van der Waals surface area (Å²) in [5, 5.41) is 3.83. The molecule has 0 aliphatic heterocycles. The van der Waals surface area contributed by atoms with Crippen LogP contribution in [-0.4, -0.2) is 10.1 Å². The molecular formula is C10H9FN2O. The summed E-state index contributed by atoms with van der Waals surface area (Å²) in [6, 6.07) is 2.95. The van der Waals surface area contributed by atoms with Gasteiger partial charge in [-0.15, -0.1) is 0 Å². The molecule has 2 rings (SSSR count). The van der Waals surface area contributed by atoms with E-state index in [0.29, 0.717) is 11.4 Å². The van der Waals surface area contributed by atoms with Crippen LogP contribution >= 0.6 is 0 Å². The Morgan fingerprint density at radius 1 is 1.43 bits per heavy atom. The maximum absolute atomic E-state index is 12.6. The summed E-state index contributed by atoms with van der Waals surface area (Å²) in [6.45, 7) is 2.00. The Labute approximate surface area is 80.6 Å². The minimum atomic E-state index is -0.352. The first kappa shape index (κ1) is 8.87. The second kappa shape index (κ2) is 3.57. The van der Waals surface area contributed by atoms with Crippen LogP contribution in [0.2, 0.25) is 0 Å². The number of hydrogen-bond acceptors (Lipinski definition) is 3. The van der Waals surface area contributed by atoms with Crippen molar-refractivity contribution in [3.63, 3.8) is 0 Å². The van der Waals surface area contributed by atoms with Gasteiger partial charge in [0.15, 0.2) is 0 Å². The van der Waals surface area contributed by atoms with Gasteiger partial charge in [0, 0.05) is 5.56 Å². The van der Waals surface area contributed by atoms with Crippen molar-refractivity contribution in [1.82, 2.24) is 10.1 Å². The van der Waals surface area contributed by atoms with Gasteiger partial charge in [0.25, 0.3) is 0 Å². The highest BCUT2D eigenvalue weighted by Gasteiger charge is 2.09. The highest BCUT2D eigenvalue weighted by Crippen LogP contribution is 2.20. The van der Waals surface area contributed by atoms with Crippen LogP contribution in [0, 0.1) is 5.82 Å². The second-order valence-corrected chi connectivity index (χ2v) is 2.90. The Balaban J connectivity index is 2.44. The summed E-state index contributed by atoms with van der Waals surface area (Å²) in [5.41, 5.74) is 2.30. The van der Waals surface area contributed by atoms with Crippen molar-refractivity contribution < 1.29 is 8.91 Å². The van der Waals surface area contributed by atoms with Gasteiger partial charge in [-0.05, 0) is 18.6 Å². The molecule has 3 nitrogen and oxygen atoms in total. The van der Waals surface area contributed by atoms with Crippen molar-refractivity contribution in [3.8, 4) is 11.4 Å². The van der Waals surface area contributed by atoms with Crippen LogP contribution in [0.1, 0.15) is 12.5 Å². The zero-order chi connectivity index (χ0) is 9.97. The van der Waals surface area contributed by atoms with Gasteiger partial charge in [-0.2, -0.15) is 0 Å². The number of nitrogens with zero attached hydrogens (tertiary/aromatic N) is 2. The molecule has 72 valence electrons. The SMILES string of the molecule is CCc1conc1-c1ccc(F)cn1. The quantitative estimate of drug-likeness (QED) is 0.733. The molecule has 4 heteroatoms. The Morgan fingerprint density at radius 3 is 2.93 bits per heavy atom. The predicted molar refractivity (Wildman–Crippen MR) is 49.1 cm³/mol. The Kier molecular flexibility index (Phi) is 2.26. The van der Waals surface area contributed by atoms with Crippen molar-refractivity contribution >= 4 is 0 Å². The third-order valence-electron chi connectivity index (χ3n) is 1.99. The summed E-state index contributed by atoms with van der Waals surface area (Å²) in [5.74, 6) is -0.352. The van der Waals surface area contributed by atoms with Crippen molar-refractivity contribution in [2.45, 2.75) is 13.3 Å². The Bertz CT molecular complexity index is 422. The molecule has 2 aromatic rings. The summed E-state index contributed by atoms with van der Waals surface area (Å²) < 4.78 is 17.4. The monoisotopic (exact) mass is 192 g/mol. The molecule has 0 N–H and O–H groups in total. The first-order chi connectivity index (χ1) is 6.81. The minimum absolute atomic E-state index is 0.352. The molecular weight excluding hydrogens is 183 g/mol. The van der Waals surface area contributed by atoms with Crippen molar-refractivity contribution in [2.75, 3.05) is 0 Å². The molecule has 0 atom stereocenters. The molecule has 0 bridgehead atoms. The lowest BCUT2D eigenvalue weighted by molar-refractivity contribution is 0.421. The molecule has 0 aliphatic carbocycles. The van der Waals surface area contributed by atoms with E-state index < -0.39 is 0 Å². The van der Waals surface area contributed by atoms with E-state index in [1.54, 1.807) is 12.3 Å². The van der Waals surface area contributed by atoms with Crippen LogP contribution in [0.4, 0.5) is 4.39 Å². The van der Waals surface area contributed by atoms with Gasteiger partial charge in [-0.1, -0.05) is 12.1 Å². The van der Waals surface area contributed by atoms with E-state index in [1.807, 2.05) is 6.92 Å². The molecule has 2 heterocycles. The fourth-order valence-corrected chi connectivity index (χ4v) is 1.24. The van der Waals surface area contributed by atoms with Gasteiger partial charge in [-0.25, -0.2) is 4.39 Å². The first-order valence-electron chi connectivity index (χ1n) is 4.36. The van der Waals surface area contributed by atoms with Gasteiger partial charge in [0.05, 0.1) is 11.9 Å². The fraction of sp³-hybridized carbons (Fsp3) is 0.200. The summed E-state index contributed by atoms with van der Waals surface area (Å²) in [7, 11) is 0. The molecule has 0 aromatic carbocycles. The van der Waals surface area contributed by atoms with Crippen molar-refractivity contribution in [2.24, 2.45) is 0 Å². The molecule has 0 amide bonds. The van der Waals surface area contributed by atoms with E-state index in [9.17, 15) is 4.39 Å². The molecule has 0 aliphatic rings. The number of aromatic nitrogens is 2. The lowest BCUT2D eigenvalue weighted by Gasteiger charge is -1.96. The molecule has 0 saturated carbocycles. The molecule has 0 radical (unpaired) electrons. The van der Waals surface area contributed by atoms with Crippen LogP contribution in [0.15, 0.2) is 29.1 Å². The Hall–Kier alpha value is -1.71. The smallest absolute Gasteiger partial charge is 0.141 e. The van der Waals surface area contributed by atoms with Gasteiger partial charge >= 0.3 is 0 Å². The lowest BCUT2D eigenvalue weighted by atomic mass is 10.1. The van der Waals surface area contributed by atoms with Crippen LogP contribution in [0.3, 0.4) is 0 Å². The normalized spacial score (nSPS) is 10.4. The van der Waals surface area contributed by atoms with Gasteiger partial charge in [-0.3, -0.25) is 4.98 Å². The molecule has 0 fully saturated rings. The number of rotatable bonds is 2. The average molecular weight is 192 g/mol. The second-order valence-electron chi connectivity index (χ2n) is 2.90. The van der Waals surface area contributed by atoms with Crippen LogP contribution in [0.5, 0.6) is 0 Å². The van der Waals surface area contributed by atoms with E-state index in [0.717, 1.165) is 12.0 Å². The van der Waals surface area contributed by atoms with Gasteiger partial charge < -0.3 is 4.52 Å². The topological polar surface area (TPSA) is 38.9 Å². The lowest BCUT2D eigenvalue weighted by Crippen LogP contribution is -1.88. The first-order valence-corrected chi connectivity index (χ1v) is 4.36. The highest BCUT2D eigenvalue weighted by molar-refractivity contribution is 5.57. The van der Waals surface area contributed by atoms with E-state index in [4.69, 9.17) is 4.52 Å². The van der Waals surface area contributed by atoms with Gasteiger partial charge in [0.2, 0.25) is 0 Å². The summed E-state index contributed by atoms with van der Waals surface area (Å²) >= 11 is 0. The van der Waals surface area contributed by atoms with E-state index in [2.05, 4.69) is 10.1 Å². The predicted octanol–water partition coefficient (Wildman–Crippen LogP) is 2.44. The summed E-state index contributed by atoms with van der Waals surface area (Å²) in [4.78, 5) is 3.93. The van der Waals surface area contributed by atoms with E-state index >= 15 is 0 Å². The van der Waals surface area contributed by atoms with Crippen molar-refractivity contribution in [1.29, 1.82) is 0 Å². The standard InChI is InChI=1S/C10H9FN2O/c1-2-7-6-14-13-10(7)9-4-3-8(11)5-12-9/h3-6H,2H2,1H3. The Morgan fingerprint density at radius 2 is 2.29 bits per heavy atom. The zero-order valence-electron chi connectivity index (χ0n) is 7.70. The number of hydrogen-bond donors (Lipinski definition) is 0. The fourth-order valence-electron chi connectivity index (χ4n) is 1.24. The highest BCUT2D eigenvalue weighted by atomic mass is 19.1. The number of halogens is 1. The minimum Gasteiger partial charge on any atom is -0.364 e. The molecule has 0 spiro atoms. The number of pyridine rings is 1. The van der Waals surface area contributed by atoms with Crippen LogP contribution < -0.4 is 0 Å². The average Bonchev–Trinajstić information content (AvgIpc) is 2.67.